The lowest BCUT2D eigenvalue weighted by molar-refractivity contribution is -0.136. The number of alkyl halides is 3. The zero-order valence-corrected chi connectivity index (χ0v) is 11.6. The normalized spacial score (nSPS) is 11.4. The molecule has 1 N–H and O–H groups in total. The average molecular weight is 303 g/mol. The second kappa shape index (κ2) is 6.31. The molecule has 2 aromatic rings. The summed E-state index contributed by atoms with van der Waals surface area (Å²) in [6.07, 6.45) is -3.34. The Bertz CT molecular complexity index is 743. The van der Waals surface area contributed by atoms with Crippen molar-refractivity contribution in [3.63, 3.8) is 0 Å². The average Bonchev–Trinajstić information content (AvgIpc) is 2.48. The summed E-state index contributed by atoms with van der Waals surface area (Å²) in [5, 5.41) is 11.2. The highest BCUT2D eigenvalue weighted by Gasteiger charge is 2.33. The van der Waals surface area contributed by atoms with Gasteiger partial charge in [0.05, 0.1) is 34.9 Å². The highest BCUT2D eigenvalue weighted by Crippen LogP contribution is 2.35. The molecule has 0 saturated heterocycles. The fraction of sp³-hybridized carbons (Fsp3) is 0.125. The Morgan fingerprint density at radius 1 is 1.18 bits per heavy atom. The molecule has 6 heteroatoms. The second-order valence-corrected chi connectivity index (χ2v) is 4.56. The highest BCUT2D eigenvalue weighted by molar-refractivity contribution is 5.80. The molecule has 0 unspecified atom stereocenters. The minimum absolute atomic E-state index is 0.0475. The van der Waals surface area contributed by atoms with Crippen LogP contribution in [0.3, 0.4) is 0 Å². The van der Waals surface area contributed by atoms with Gasteiger partial charge in [0.1, 0.15) is 0 Å². The lowest BCUT2D eigenvalue weighted by Crippen LogP contribution is -2.10. The molecule has 0 amide bonds. The van der Waals surface area contributed by atoms with Gasteiger partial charge in [-0.3, -0.25) is 0 Å². The molecular weight excluding hydrogens is 291 g/mol. The Balaban J connectivity index is 2.27. The molecule has 0 aliphatic rings. The van der Waals surface area contributed by atoms with Gasteiger partial charge in [-0.25, -0.2) is 4.99 Å². The zero-order valence-electron chi connectivity index (χ0n) is 11.6. The van der Waals surface area contributed by atoms with E-state index in [2.05, 4.69) is 10.3 Å². The van der Waals surface area contributed by atoms with Gasteiger partial charge in [0, 0.05) is 0 Å². The van der Waals surface area contributed by atoms with E-state index in [1.165, 1.54) is 18.5 Å². The van der Waals surface area contributed by atoms with E-state index in [0.29, 0.717) is 5.69 Å². The van der Waals surface area contributed by atoms with Crippen molar-refractivity contribution in [3.05, 3.63) is 59.2 Å². The largest absolute Gasteiger partial charge is 0.418 e. The summed E-state index contributed by atoms with van der Waals surface area (Å²) >= 11 is 0. The third kappa shape index (κ3) is 3.64. The quantitative estimate of drug-likeness (QED) is 0.662. The number of hydrogen-bond acceptors (Lipinski definition) is 2. The summed E-state index contributed by atoms with van der Waals surface area (Å²) in [4.78, 5) is 4.10. The van der Waals surface area contributed by atoms with Crippen LogP contribution in [0.1, 0.15) is 16.7 Å². The fourth-order valence-corrected chi connectivity index (χ4v) is 1.85. The molecule has 22 heavy (non-hydrogen) atoms. The molecule has 0 fully saturated rings. The molecule has 2 rings (SSSR count). The maximum Gasteiger partial charge on any atom is 0.418 e. The molecule has 0 aliphatic heterocycles. The Labute approximate surface area is 125 Å². The minimum Gasteiger partial charge on any atom is -0.346 e. The van der Waals surface area contributed by atoms with Gasteiger partial charge >= 0.3 is 6.18 Å². The van der Waals surface area contributed by atoms with Crippen LogP contribution >= 0.6 is 0 Å². The lowest BCUT2D eigenvalue weighted by atomic mass is 10.1. The molecular formula is C16H12F3N3. The molecule has 0 saturated carbocycles. The van der Waals surface area contributed by atoms with Crippen LogP contribution in [0.15, 0.2) is 47.5 Å². The standard InChI is InChI=1S/C16H12F3N3/c1-11-4-2-3-5-14(11)21-10-22-15-7-6-12(9-20)8-13(15)16(17,18)19/h2-8,10H,1H3,(H,21,22). The third-order valence-electron chi connectivity index (χ3n) is 2.99. The number of nitrogens with one attached hydrogen (secondary N) is 1. The van der Waals surface area contributed by atoms with E-state index < -0.39 is 11.7 Å². The summed E-state index contributed by atoms with van der Waals surface area (Å²) < 4.78 is 39.0. The van der Waals surface area contributed by atoms with Crippen LogP contribution < -0.4 is 5.32 Å². The van der Waals surface area contributed by atoms with Gasteiger partial charge in [0.15, 0.2) is 0 Å². The van der Waals surface area contributed by atoms with Crippen LogP contribution in [0.4, 0.5) is 24.5 Å². The summed E-state index contributed by atoms with van der Waals surface area (Å²) in [7, 11) is 0. The monoisotopic (exact) mass is 303 g/mol. The first-order valence-electron chi connectivity index (χ1n) is 6.38. The first-order valence-corrected chi connectivity index (χ1v) is 6.38. The minimum atomic E-state index is -4.55. The van der Waals surface area contributed by atoms with Crippen LogP contribution in [-0.4, -0.2) is 6.34 Å². The number of halogens is 3. The van der Waals surface area contributed by atoms with Crippen molar-refractivity contribution < 1.29 is 13.2 Å². The van der Waals surface area contributed by atoms with Gasteiger partial charge in [0.25, 0.3) is 0 Å². The molecule has 0 spiro atoms. The zero-order chi connectivity index (χ0) is 16.2. The molecule has 112 valence electrons. The fourth-order valence-electron chi connectivity index (χ4n) is 1.85. The van der Waals surface area contributed by atoms with Gasteiger partial charge in [-0.1, -0.05) is 18.2 Å². The molecule has 3 nitrogen and oxygen atoms in total. The summed E-state index contributed by atoms with van der Waals surface area (Å²) in [5.41, 5.74) is 0.481. The predicted octanol–water partition coefficient (Wildman–Crippen LogP) is 4.66. The van der Waals surface area contributed by atoms with E-state index in [4.69, 9.17) is 5.26 Å². The van der Waals surface area contributed by atoms with Gasteiger partial charge in [-0.2, -0.15) is 18.4 Å². The van der Waals surface area contributed by atoms with Crippen molar-refractivity contribution in [2.75, 3.05) is 5.32 Å². The van der Waals surface area contributed by atoms with Crippen molar-refractivity contribution in [1.29, 1.82) is 5.26 Å². The molecule has 0 radical (unpaired) electrons. The van der Waals surface area contributed by atoms with E-state index in [-0.39, 0.29) is 11.3 Å². The van der Waals surface area contributed by atoms with Gasteiger partial charge < -0.3 is 5.32 Å². The van der Waals surface area contributed by atoms with Gasteiger partial charge in [-0.15, -0.1) is 0 Å². The SMILES string of the molecule is Cc1ccccc1/N=C\Nc1ccc(C#N)cc1C(F)(F)F. The number of nitrogens with zero attached hydrogens (tertiary/aromatic N) is 2. The number of anilines is 1. The van der Waals surface area contributed by atoms with E-state index in [1.807, 2.05) is 19.1 Å². The van der Waals surface area contributed by atoms with E-state index in [1.54, 1.807) is 18.2 Å². The maximum atomic E-state index is 13.0. The first-order chi connectivity index (χ1) is 10.4. The summed E-state index contributed by atoms with van der Waals surface area (Å²) in [6, 6.07) is 12.3. The van der Waals surface area contributed by atoms with Crippen LogP contribution in [0.5, 0.6) is 0 Å². The van der Waals surface area contributed by atoms with E-state index >= 15 is 0 Å². The van der Waals surface area contributed by atoms with Crippen LogP contribution in [0.25, 0.3) is 0 Å². The molecule has 2 aromatic carbocycles. The first kappa shape index (κ1) is 15.6. The lowest BCUT2D eigenvalue weighted by Gasteiger charge is -2.12. The maximum absolute atomic E-state index is 13.0. The van der Waals surface area contributed by atoms with Crippen LogP contribution in [0, 0.1) is 18.3 Å². The van der Waals surface area contributed by atoms with Crippen molar-refractivity contribution >= 4 is 17.7 Å². The predicted molar refractivity (Wildman–Crippen MR) is 79.1 cm³/mol. The Hall–Kier alpha value is -2.81. The van der Waals surface area contributed by atoms with E-state index in [0.717, 1.165) is 11.6 Å². The number of nitriles is 1. The number of benzene rings is 2. The number of rotatable bonds is 3. The Morgan fingerprint density at radius 3 is 2.55 bits per heavy atom. The van der Waals surface area contributed by atoms with E-state index in [9.17, 15) is 13.2 Å². The van der Waals surface area contributed by atoms with Crippen LogP contribution in [-0.2, 0) is 6.18 Å². The number of aryl methyl sites for hydroxylation is 1. The Morgan fingerprint density at radius 2 is 1.91 bits per heavy atom. The number of para-hydroxylation sites is 1. The van der Waals surface area contributed by atoms with Gasteiger partial charge in [0.2, 0.25) is 0 Å². The molecule has 0 bridgehead atoms. The Kier molecular flexibility index (Phi) is 4.47. The molecule has 0 heterocycles. The third-order valence-corrected chi connectivity index (χ3v) is 2.99. The van der Waals surface area contributed by atoms with Crippen LogP contribution in [0.2, 0.25) is 0 Å². The second-order valence-electron chi connectivity index (χ2n) is 4.56. The molecule has 0 atom stereocenters. The topological polar surface area (TPSA) is 48.2 Å². The summed E-state index contributed by atoms with van der Waals surface area (Å²) in [6.45, 7) is 1.86. The molecule has 0 aliphatic carbocycles. The van der Waals surface area contributed by atoms with Crippen molar-refractivity contribution in [1.82, 2.24) is 0 Å². The van der Waals surface area contributed by atoms with Gasteiger partial charge in [-0.05, 0) is 36.8 Å². The molecule has 0 aromatic heterocycles. The summed E-state index contributed by atoms with van der Waals surface area (Å²) in [5.74, 6) is 0. The van der Waals surface area contributed by atoms with Crippen molar-refractivity contribution in [3.8, 4) is 6.07 Å². The van der Waals surface area contributed by atoms with Crippen molar-refractivity contribution in [2.45, 2.75) is 13.1 Å². The number of aliphatic imine (C=N–C) groups is 1. The van der Waals surface area contributed by atoms with Crippen molar-refractivity contribution in [2.24, 2.45) is 4.99 Å². The smallest absolute Gasteiger partial charge is 0.346 e. The highest BCUT2D eigenvalue weighted by atomic mass is 19.4. The number of hydrogen-bond donors (Lipinski definition) is 1.